The van der Waals surface area contributed by atoms with E-state index in [2.05, 4.69) is 22.0 Å². The Morgan fingerprint density at radius 1 is 1.10 bits per heavy atom. The van der Waals surface area contributed by atoms with Gasteiger partial charge in [0.2, 0.25) is 10.0 Å². The summed E-state index contributed by atoms with van der Waals surface area (Å²) in [5.41, 5.74) is 1.16. The molecule has 0 atom stereocenters. The molecule has 2 heterocycles. The lowest BCUT2D eigenvalue weighted by Gasteiger charge is -2.32. The number of rotatable bonds is 3. The third kappa shape index (κ3) is 3.25. The van der Waals surface area contributed by atoms with Crippen molar-refractivity contribution in [3.05, 3.63) is 36.5 Å². The standard InChI is InChI=1S/C14H17N3O2S2/c1-21(18,19)17-9-7-16(8-10-17)14-15-11-13(20-14)12-5-3-2-4-6-12/h2-6,11H,7-10H2,1H3. The molecule has 0 amide bonds. The minimum absolute atomic E-state index is 0.527. The Bertz CT molecular complexity index is 705. The van der Waals surface area contributed by atoms with Crippen LogP contribution in [0.1, 0.15) is 0 Å². The van der Waals surface area contributed by atoms with Crippen LogP contribution in [0.2, 0.25) is 0 Å². The van der Waals surface area contributed by atoms with Crippen molar-refractivity contribution in [1.29, 1.82) is 0 Å². The summed E-state index contributed by atoms with van der Waals surface area (Å²) in [5.74, 6) is 0. The molecular weight excluding hydrogens is 306 g/mol. The van der Waals surface area contributed by atoms with E-state index >= 15 is 0 Å². The van der Waals surface area contributed by atoms with Crippen LogP contribution in [-0.4, -0.2) is 50.1 Å². The van der Waals surface area contributed by atoms with Gasteiger partial charge in [-0.15, -0.1) is 0 Å². The molecule has 5 nitrogen and oxygen atoms in total. The van der Waals surface area contributed by atoms with Crippen LogP contribution in [0.25, 0.3) is 10.4 Å². The van der Waals surface area contributed by atoms with Crippen molar-refractivity contribution in [3.8, 4) is 10.4 Å². The van der Waals surface area contributed by atoms with E-state index in [-0.39, 0.29) is 0 Å². The predicted molar refractivity (Wildman–Crippen MR) is 86.2 cm³/mol. The molecule has 1 aromatic heterocycles. The van der Waals surface area contributed by atoms with Gasteiger partial charge in [-0.3, -0.25) is 0 Å². The minimum Gasteiger partial charge on any atom is -0.345 e. The molecule has 1 aliphatic rings. The Morgan fingerprint density at radius 2 is 1.76 bits per heavy atom. The molecule has 1 aromatic carbocycles. The minimum atomic E-state index is -3.08. The zero-order valence-electron chi connectivity index (χ0n) is 11.8. The van der Waals surface area contributed by atoms with E-state index in [4.69, 9.17) is 0 Å². The molecule has 0 N–H and O–H groups in total. The Labute approximate surface area is 128 Å². The van der Waals surface area contributed by atoms with Crippen LogP contribution in [0, 0.1) is 0 Å². The maximum Gasteiger partial charge on any atom is 0.211 e. The summed E-state index contributed by atoms with van der Waals surface area (Å²) in [6.07, 6.45) is 3.15. The van der Waals surface area contributed by atoms with Crippen LogP contribution in [0.15, 0.2) is 36.5 Å². The number of piperazine rings is 1. The van der Waals surface area contributed by atoms with Crippen molar-refractivity contribution in [3.63, 3.8) is 0 Å². The van der Waals surface area contributed by atoms with Gasteiger partial charge < -0.3 is 4.90 Å². The molecule has 0 radical (unpaired) electrons. The molecule has 0 bridgehead atoms. The van der Waals surface area contributed by atoms with Gasteiger partial charge in [-0.1, -0.05) is 41.7 Å². The number of nitrogens with zero attached hydrogens (tertiary/aromatic N) is 3. The fourth-order valence-electron chi connectivity index (χ4n) is 2.36. The van der Waals surface area contributed by atoms with Crippen molar-refractivity contribution >= 4 is 26.5 Å². The molecule has 1 aliphatic heterocycles. The number of thiazole rings is 1. The number of hydrogen-bond acceptors (Lipinski definition) is 5. The van der Waals surface area contributed by atoms with E-state index < -0.39 is 10.0 Å². The van der Waals surface area contributed by atoms with Gasteiger partial charge in [0.05, 0.1) is 11.1 Å². The van der Waals surface area contributed by atoms with Gasteiger partial charge in [-0.2, -0.15) is 4.31 Å². The number of anilines is 1. The first kappa shape index (κ1) is 14.5. The molecule has 0 saturated carbocycles. The number of sulfonamides is 1. The summed E-state index contributed by atoms with van der Waals surface area (Å²) >= 11 is 1.65. The molecule has 0 spiro atoms. The fraction of sp³-hybridized carbons (Fsp3) is 0.357. The lowest BCUT2D eigenvalue weighted by atomic mass is 10.2. The molecule has 7 heteroatoms. The van der Waals surface area contributed by atoms with Crippen molar-refractivity contribution in [2.45, 2.75) is 0 Å². The van der Waals surface area contributed by atoms with Crippen LogP contribution in [0.5, 0.6) is 0 Å². The molecule has 2 aromatic rings. The average Bonchev–Trinajstić information content (AvgIpc) is 2.97. The summed E-state index contributed by atoms with van der Waals surface area (Å²) in [5, 5.41) is 0.960. The van der Waals surface area contributed by atoms with Crippen molar-refractivity contribution in [2.24, 2.45) is 0 Å². The van der Waals surface area contributed by atoms with Gasteiger partial charge in [0.1, 0.15) is 0 Å². The van der Waals surface area contributed by atoms with Gasteiger partial charge in [-0.25, -0.2) is 13.4 Å². The molecule has 1 saturated heterocycles. The molecule has 1 fully saturated rings. The summed E-state index contributed by atoms with van der Waals surface area (Å²) in [4.78, 5) is 7.77. The SMILES string of the molecule is CS(=O)(=O)N1CCN(c2ncc(-c3ccccc3)s2)CC1. The first-order chi connectivity index (χ1) is 10.0. The number of hydrogen-bond donors (Lipinski definition) is 0. The highest BCUT2D eigenvalue weighted by atomic mass is 32.2. The molecule has 112 valence electrons. The maximum absolute atomic E-state index is 11.5. The average molecular weight is 323 g/mol. The Balaban J connectivity index is 1.71. The largest absolute Gasteiger partial charge is 0.345 e. The van der Waals surface area contributed by atoms with E-state index in [1.165, 1.54) is 10.6 Å². The monoisotopic (exact) mass is 323 g/mol. The highest BCUT2D eigenvalue weighted by molar-refractivity contribution is 7.88. The molecule has 21 heavy (non-hydrogen) atoms. The zero-order valence-corrected chi connectivity index (χ0v) is 13.4. The van der Waals surface area contributed by atoms with Gasteiger partial charge in [0, 0.05) is 32.4 Å². The second-order valence-corrected chi connectivity index (χ2v) is 8.01. The third-order valence-corrected chi connectivity index (χ3v) is 5.94. The Kier molecular flexibility index (Phi) is 3.97. The van der Waals surface area contributed by atoms with E-state index in [9.17, 15) is 8.42 Å². The van der Waals surface area contributed by atoms with Crippen molar-refractivity contribution < 1.29 is 8.42 Å². The quantitative estimate of drug-likeness (QED) is 0.865. The smallest absolute Gasteiger partial charge is 0.211 e. The summed E-state index contributed by atoms with van der Waals surface area (Å²) < 4.78 is 24.5. The van der Waals surface area contributed by atoms with Gasteiger partial charge in [0.25, 0.3) is 0 Å². The van der Waals surface area contributed by atoms with E-state index in [1.54, 1.807) is 11.3 Å². The second kappa shape index (κ2) is 5.75. The Morgan fingerprint density at radius 3 is 2.38 bits per heavy atom. The topological polar surface area (TPSA) is 53.5 Å². The highest BCUT2D eigenvalue weighted by Gasteiger charge is 2.24. The zero-order chi connectivity index (χ0) is 14.9. The van der Waals surface area contributed by atoms with Crippen LogP contribution in [0.3, 0.4) is 0 Å². The van der Waals surface area contributed by atoms with Gasteiger partial charge in [-0.05, 0) is 5.56 Å². The number of benzene rings is 1. The summed E-state index contributed by atoms with van der Waals surface area (Å²) in [7, 11) is -3.08. The molecule has 0 aliphatic carbocycles. The van der Waals surface area contributed by atoms with Gasteiger partial charge in [0.15, 0.2) is 5.13 Å². The lowest BCUT2D eigenvalue weighted by Crippen LogP contribution is -2.48. The highest BCUT2D eigenvalue weighted by Crippen LogP contribution is 2.31. The molecule has 0 unspecified atom stereocenters. The lowest BCUT2D eigenvalue weighted by molar-refractivity contribution is 0.388. The van der Waals surface area contributed by atoms with Crippen LogP contribution in [0.4, 0.5) is 5.13 Å². The predicted octanol–water partition coefficient (Wildman–Crippen LogP) is 1.89. The third-order valence-electron chi connectivity index (χ3n) is 3.53. The van der Waals surface area contributed by atoms with Crippen molar-refractivity contribution in [2.75, 3.05) is 37.3 Å². The van der Waals surface area contributed by atoms with Crippen LogP contribution >= 0.6 is 11.3 Å². The van der Waals surface area contributed by atoms with Crippen LogP contribution in [-0.2, 0) is 10.0 Å². The van der Waals surface area contributed by atoms with E-state index in [0.717, 1.165) is 15.6 Å². The fourth-order valence-corrected chi connectivity index (χ4v) is 4.16. The first-order valence-corrected chi connectivity index (χ1v) is 9.42. The number of aromatic nitrogens is 1. The summed E-state index contributed by atoms with van der Waals surface area (Å²) in [6.45, 7) is 2.43. The van der Waals surface area contributed by atoms with Crippen LogP contribution < -0.4 is 4.90 Å². The summed E-state index contributed by atoms with van der Waals surface area (Å²) in [6, 6.07) is 10.2. The normalized spacial score (nSPS) is 17.1. The Hall–Kier alpha value is -1.44. The van der Waals surface area contributed by atoms with E-state index in [1.807, 2.05) is 24.4 Å². The molecule has 3 rings (SSSR count). The van der Waals surface area contributed by atoms with Crippen molar-refractivity contribution in [1.82, 2.24) is 9.29 Å². The maximum atomic E-state index is 11.5. The van der Waals surface area contributed by atoms with Gasteiger partial charge >= 0.3 is 0 Å². The molecular formula is C14H17N3O2S2. The second-order valence-electron chi connectivity index (χ2n) is 5.02. The first-order valence-electron chi connectivity index (χ1n) is 6.75. The van der Waals surface area contributed by atoms with E-state index in [0.29, 0.717) is 26.2 Å².